The van der Waals surface area contributed by atoms with Gasteiger partial charge in [0.2, 0.25) is 0 Å². The Balaban J connectivity index is 2.96. The average molecular weight is 949 g/mol. The van der Waals surface area contributed by atoms with Crippen molar-refractivity contribution in [3.8, 4) is 0 Å². The Morgan fingerprint density at radius 3 is 0.938 bits per heavy atom. The molecule has 2 saturated heterocycles. The normalized spacial score (nSPS) is 25.3. The fourth-order valence-corrected chi connectivity index (χ4v) is 11.3. The van der Waals surface area contributed by atoms with Crippen molar-refractivity contribution in [2.75, 3.05) is 13.2 Å². The van der Waals surface area contributed by atoms with Crippen molar-refractivity contribution in [1.29, 1.82) is 0 Å². The molecule has 0 aromatic carbocycles. The fraction of sp³-hybridized carbons (Fsp3) is 0.818. The number of carbonyl (C=O) groups is 8. The lowest BCUT2D eigenvalue weighted by molar-refractivity contribution is -0.308. The highest BCUT2D eigenvalue weighted by Gasteiger charge is 2.59. The van der Waals surface area contributed by atoms with E-state index >= 15 is 0 Å². The maximum Gasteiger partial charge on any atom is 0.342 e. The molecule has 65 heavy (non-hydrogen) atoms. The lowest BCUT2D eigenvalue weighted by atomic mass is 9.98. The van der Waals surface area contributed by atoms with Crippen molar-refractivity contribution in [1.82, 2.24) is 0 Å². The molecular weight excluding hydrogens is 877 g/mol. The molecule has 2 fully saturated rings. The van der Waals surface area contributed by atoms with E-state index in [1.165, 1.54) is 0 Å². The minimum atomic E-state index is -4.03. The van der Waals surface area contributed by atoms with Gasteiger partial charge in [-0.1, -0.05) is 90.9 Å². The standard InChI is InChI=1S/C44H72O20Si/c1-11-13-15-17-19-21-23-65(24-22-20-18-16-14-12-2,63-43-41(59-33(9)51)39(57-31(7)49)37(55-29(5)47)35(61-43)25-53-27(3)45)64-44-42(60-34(10)52)40(58-32(8)50)38(56-30(6)48)36(62-44)26-54-28(4)46/h35-44H,11-26H2,1-10H3/t35-,36-,37-,38-,39+,40+,41-,42-,43-,44+/m1/s1. The summed E-state index contributed by atoms with van der Waals surface area (Å²) < 4.78 is 71.9. The lowest BCUT2D eigenvalue weighted by Gasteiger charge is -2.49. The minimum absolute atomic E-state index is 0.230. The van der Waals surface area contributed by atoms with Crippen LogP contribution in [0.25, 0.3) is 0 Å². The second-order valence-corrected chi connectivity index (χ2v) is 19.6. The number of hydrogen-bond donors (Lipinski definition) is 0. The second kappa shape index (κ2) is 29.5. The van der Waals surface area contributed by atoms with Gasteiger partial charge < -0.3 is 56.2 Å². The van der Waals surface area contributed by atoms with Gasteiger partial charge in [0.25, 0.3) is 0 Å². The summed E-state index contributed by atoms with van der Waals surface area (Å²) in [5, 5.41) is 0. The quantitative estimate of drug-likeness (QED) is 0.0415. The Bertz CT molecular complexity index is 1440. The first-order chi connectivity index (χ1) is 30.7. The maximum atomic E-state index is 12.9. The topological polar surface area (TPSA) is 247 Å². The van der Waals surface area contributed by atoms with Crippen LogP contribution in [0.2, 0.25) is 12.1 Å². The molecule has 0 aromatic rings. The van der Waals surface area contributed by atoms with E-state index in [0.29, 0.717) is 12.8 Å². The highest BCUT2D eigenvalue weighted by Crippen LogP contribution is 2.39. The molecule has 0 radical (unpaired) electrons. The van der Waals surface area contributed by atoms with Gasteiger partial charge in [-0.15, -0.1) is 0 Å². The predicted molar refractivity (Wildman–Crippen MR) is 228 cm³/mol. The molecule has 372 valence electrons. The Kier molecular flexibility index (Phi) is 25.8. The van der Waals surface area contributed by atoms with E-state index < -0.39 is 131 Å². The number of rotatable bonds is 28. The van der Waals surface area contributed by atoms with Crippen molar-refractivity contribution in [2.45, 2.75) is 220 Å². The van der Waals surface area contributed by atoms with Crippen LogP contribution >= 0.6 is 0 Å². The van der Waals surface area contributed by atoms with Crippen LogP contribution in [0.1, 0.15) is 146 Å². The third kappa shape index (κ3) is 20.9. The molecule has 10 atom stereocenters. The van der Waals surface area contributed by atoms with Crippen LogP contribution < -0.4 is 0 Å². The summed E-state index contributed by atoms with van der Waals surface area (Å²) in [5.74, 6) is -6.41. The molecule has 0 bridgehead atoms. The third-order valence-corrected chi connectivity index (χ3v) is 13.9. The first-order valence-corrected chi connectivity index (χ1v) is 24.9. The molecule has 0 amide bonds. The Hall–Kier alpha value is -4.18. The summed E-state index contributed by atoms with van der Waals surface area (Å²) in [7, 11) is -4.03. The molecule has 0 unspecified atom stereocenters. The molecule has 2 heterocycles. The average Bonchev–Trinajstić information content (AvgIpc) is 3.19. The number of ether oxygens (including phenoxy) is 10. The molecule has 20 nitrogen and oxygen atoms in total. The van der Waals surface area contributed by atoms with Gasteiger partial charge >= 0.3 is 56.3 Å². The maximum absolute atomic E-state index is 12.9. The first kappa shape index (κ1) is 56.9. The number of unbranched alkanes of at least 4 members (excludes halogenated alkanes) is 10. The Labute approximate surface area is 383 Å². The monoisotopic (exact) mass is 948 g/mol. The molecule has 0 N–H and O–H groups in total. The van der Waals surface area contributed by atoms with Crippen LogP contribution in [0.4, 0.5) is 0 Å². The molecule has 2 aliphatic rings. The molecule has 0 aliphatic carbocycles. The van der Waals surface area contributed by atoms with Gasteiger partial charge in [0.1, 0.15) is 25.4 Å². The van der Waals surface area contributed by atoms with Crippen LogP contribution in [0, 0.1) is 0 Å². The second-order valence-electron chi connectivity index (χ2n) is 16.3. The first-order valence-electron chi connectivity index (χ1n) is 22.7. The van der Waals surface area contributed by atoms with E-state index in [2.05, 4.69) is 13.8 Å². The van der Waals surface area contributed by atoms with Crippen molar-refractivity contribution < 1.29 is 94.6 Å². The molecule has 21 heteroatoms. The molecule has 0 saturated carbocycles. The summed E-state index contributed by atoms with van der Waals surface area (Å²) in [4.78, 5) is 100. The fourth-order valence-electron chi connectivity index (χ4n) is 7.73. The van der Waals surface area contributed by atoms with Gasteiger partial charge in [0.05, 0.1) is 0 Å². The van der Waals surface area contributed by atoms with Crippen LogP contribution in [0.5, 0.6) is 0 Å². The smallest absolute Gasteiger partial charge is 0.342 e. The minimum Gasteiger partial charge on any atom is -0.463 e. The lowest BCUT2D eigenvalue weighted by Crippen LogP contribution is -2.67. The molecule has 2 rings (SSSR count). The summed E-state index contributed by atoms with van der Waals surface area (Å²) >= 11 is 0. The van der Waals surface area contributed by atoms with Gasteiger partial charge in [-0.05, 0) is 12.1 Å². The Morgan fingerprint density at radius 2 is 0.646 bits per heavy atom. The van der Waals surface area contributed by atoms with Crippen LogP contribution in [0.3, 0.4) is 0 Å². The van der Waals surface area contributed by atoms with E-state index in [1.54, 1.807) is 0 Å². The summed E-state index contributed by atoms with van der Waals surface area (Å²) in [6.07, 6.45) is -4.99. The van der Waals surface area contributed by atoms with Gasteiger partial charge in [0.15, 0.2) is 49.2 Å². The summed E-state index contributed by atoms with van der Waals surface area (Å²) in [6.45, 7) is 12.1. The van der Waals surface area contributed by atoms with E-state index in [4.69, 9.17) is 56.2 Å². The van der Waals surface area contributed by atoms with E-state index in [0.717, 1.165) is 120 Å². The Morgan fingerprint density at radius 1 is 0.369 bits per heavy atom. The largest absolute Gasteiger partial charge is 0.463 e. The van der Waals surface area contributed by atoms with E-state index in [1.807, 2.05) is 0 Å². The number of hydrogen-bond acceptors (Lipinski definition) is 20. The van der Waals surface area contributed by atoms with Crippen LogP contribution in [-0.2, 0) is 94.6 Å². The summed E-state index contributed by atoms with van der Waals surface area (Å²) in [5.41, 5.74) is 0. The van der Waals surface area contributed by atoms with Crippen LogP contribution in [0.15, 0.2) is 0 Å². The van der Waals surface area contributed by atoms with Crippen molar-refractivity contribution in [3.05, 3.63) is 0 Å². The zero-order valence-corrected chi connectivity index (χ0v) is 40.8. The summed E-state index contributed by atoms with van der Waals surface area (Å²) in [6, 6.07) is 0.460. The van der Waals surface area contributed by atoms with Crippen LogP contribution in [-0.4, -0.2) is 131 Å². The molecular formula is C44H72O20Si. The van der Waals surface area contributed by atoms with Gasteiger partial charge in [-0.2, -0.15) is 0 Å². The molecule has 0 spiro atoms. The molecule has 2 aliphatic heterocycles. The van der Waals surface area contributed by atoms with Crippen molar-refractivity contribution in [3.63, 3.8) is 0 Å². The zero-order chi connectivity index (χ0) is 48.7. The van der Waals surface area contributed by atoms with E-state index in [9.17, 15) is 38.4 Å². The van der Waals surface area contributed by atoms with Gasteiger partial charge in [-0.25, -0.2) is 0 Å². The van der Waals surface area contributed by atoms with E-state index in [-0.39, 0.29) is 12.1 Å². The van der Waals surface area contributed by atoms with Crippen molar-refractivity contribution in [2.24, 2.45) is 0 Å². The predicted octanol–water partition coefficient (Wildman–Crippen LogP) is 5.35. The van der Waals surface area contributed by atoms with Crippen molar-refractivity contribution >= 4 is 56.3 Å². The zero-order valence-electron chi connectivity index (χ0n) is 39.8. The number of carbonyl (C=O) groups excluding carboxylic acids is 8. The number of esters is 8. The highest BCUT2D eigenvalue weighted by molar-refractivity contribution is 6.67. The molecule has 0 aromatic heterocycles. The third-order valence-electron chi connectivity index (χ3n) is 10.4. The van der Waals surface area contributed by atoms with Gasteiger partial charge in [-0.3, -0.25) is 38.4 Å². The SMILES string of the molecule is CCCCCCCC[Si](CCCCCCCC)(O[C@H]1O[C@H](COC(C)=O)[C@@H](OC(C)=O)[C@H](OC(C)=O)[C@H]1OC(C)=O)O[C@@H]1O[C@H](COC(C)=O)[C@@H](OC(C)=O)[C@H](OC(C)=O)[C@H]1OC(C)=O. The van der Waals surface area contributed by atoms with Gasteiger partial charge in [0, 0.05) is 55.4 Å². The highest BCUT2D eigenvalue weighted by atomic mass is 28.4.